The number of nitriles is 1. The lowest BCUT2D eigenvalue weighted by atomic mass is 9.86. The van der Waals surface area contributed by atoms with E-state index in [0.29, 0.717) is 18.2 Å². The minimum absolute atomic E-state index is 0.0893. The predicted molar refractivity (Wildman–Crippen MR) is 99.7 cm³/mol. The SMILES string of the molecule is CCC(C(=O)N1CC(C)(C)c2ccc(C#N)cc21)N1CCNC(C)C1. The standard InChI is InChI=1S/C20H28N4O/c1-5-17(23-9-8-22-14(2)12-23)19(25)24-13-20(3,4)16-7-6-15(11-21)10-18(16)24/h6-7,10,14,17,22H,5,8-9,12-13H2,1-4H3. The van der Waals surface area contributed by atoms with Gasteiger partial charge in [0.1, 0.15) is 0 Å². The third kappa shape index (κ3) is 3.29. The van der Waals surface area contributed by atoms with E-state index in [0.717, 1.165) is 37.3 Å². The van der Waals surface area contributed by atoms with Crippen molar-refractivity contribution >= 4 is 11.6 Å². The van der Waals surface area contributed by atoms with Crippen LogP contribution in [0.3, 0.4) is 0 Å². The molecule has 5 heteroatoms. The van der Waals surface area contributed by atoms with Gasteiger partial charge in [0.05, 0.1) is 17.7 Å². The molecule has 1 saturated heterocycles. The van der Waals surface area contributed by atoms with Gasteiger partial charge in [-0.2, -0.15) is 5.26 Å². The molecule has 25 heavy (non-hydrogen) atoms. The Kier molecular flexibility index (Phi) is 4.86. The summed E-state index contributed by atoms with van der Waals surface area (Å²) in [5, 5.41) is 12.7. The molecule has 1 fully saturated rings. The number of rotatable bonds is 3. The topological polar surface area (TPSA) is 59.4 Å². The highest BCUT2D eigenvalue weighted by Gasteiger charge is 2.41. The highest BCUT2D eigenvalue weighted by atomic mass is 16.2. The number of anilines is 1. The second-order valence-corrected chi connectivity index (χ2v) is 7.93. The summed E-state index contributed by atoms with van der Waals surface area (Å²) in [6.45, 7) is 12.0. The van der Waals surface area contributed by atoms with Crippen LogP contribution in [0, 0.1) is 11.3 Å². The highest BCUT2D eigenvalue weighted by molar-refractivity contribution is 5.99. The van der Waals surface area contributed by atoms with Crippen molar-refractivity contribution in [3.05, 3.63) is 29.3 Å². The molecule has 0 spiro atoms. The molecule has 2 aliphatic rings. The molecule has 2 atom stereocenters. The summed E-state index contributed by atoms with van der Waals surface area (Å²) >= 11 is 0. The van der Waals surface area contributed by atoms with Crippen molar-refractivity contribution in [2.24, 2.45) is 0 Å². The van der Waals surface area contributed by atoms with E-state index in [4.69, 9.17) is 0 Å². The molecule has 0 bridgehead atoms. The van der Waals surface area contributed by atoms with Crippen LogP contribution in [-0.2, 0) is 10.2 Å². The van der Waals surface area contributed by atoms with Gasteiger partial charge in [0, 0.05) is 43.3 Å². The van der Waals surface area contributed by atoms with Crippen molar-refractivity contribution in [3.63, 3.8) is 0 Å². The first-order valence-electron chi connectivity index (χ1n) is 9.21. The van der Waals surface area contributed by atoms with E-state index in [1.54, 1.807) is 0 Å². The molecule has 2 heterocycles. The van der Waals surface area contributed by atoms with Crippen LogP contribution >= 0.6 is 0 Å². The molecule has 0 radical (unpaired) electrons. The summed E-state index contributed by atoms with van der Waals surface area (Å²) in [5.74, 6) is 0.165. The number of nitrogens with zero attached hydrogens (tertiary/aromatic N) is 3. The van der Waals surface area contributed by atoms with Gasteiger partial charge in [-0.25, -0.2) is 0 Å². The molecule has 5 nitrogen and oxygen atoms in total. The van der Waals surface area contributed by atoms with Crippen molar-refractivity contribution in [1.29, 1.82) is 5.26 Å². The first-order chi connectivity index (χ1) is 11.9. The summed E-state index contributed by atoms with van der Waals surface area (Å²) in [6.07, 6.45) is 0.801. The monoisotopic (exact) mass is 340 g/mol. The quantitative estimate of drug-likeness (QED) is 0.917. The number of hydrogen-bond donors (Lipinski definition) is 1. The summed E-state index contributed by atoms with van der Waals surface area (Å²) < 4.78 is 0. The van der Waals surface area contributed by atoms with Crippen LogP contribution in [0.1, 0.15) is 45.2 Å². The van der Waals surface area contributed by atoms with Crippen LogP contribution < -0.4 is 10.2 Å². The number of benzene rings is 1. The highest BCUT2D eigenvalue weighted by Crippen LogP contribution is 2.41. The molecule has 1 aromatic carbocycles. The first kappa shape index (κ1) is 17.9. The molecule has 1 N–H and O–H groups in total. The van der Waals surface area contributed by atoms with Crippen molar-refractivity contribution in [1.82, 2.24) is 10.2 Å². The largest absolute Gasteiger partial charge is 0.312 e. The Morgan fingerprint density at radius 3 is 2.88 bits per heavy atom. The number of carbonyl (C=O) groups is 1. The van der Waals surface area contributed by atoms with Crippen molar-refractivity contribution in [3.8, 4) is 6.07 Å². The molecule has 1 aromatic rings. The minimum Gasteiger partial charge on any atom is -0.312 e. The third-order valence-corrected chi connectivity index (χ3v) is 5.48. The zero-order chi connectivity index (χ0) is 18.2. The Morgan fingerprint density at radius 1 is 1.48 bits per heavy atom. The molecule has 2 unspecified atom stereocenters. The van der Waals surface area contributed by atoms with E-state index in [2.05, 4.69) is 44.0 Å². The van der Waals surface area contributed by atoms with E-state index < -0.39 is 0 Å². The maximum Gasteiger partial charge on any atom is 0.244 e. The van der Waals surface area contributed by atoms with Crippen LogP contribution in [0.15, 0.2) is 18.2 Å². The minimum atomic E-state index is -0.1000. The Morgan fingerprint density at radius 2 is 2.24 bits per heavy atom. The molecule has 0 aromatic heterocycles. The number of piperazine rings is 1. The van der Waals surface area contributed by atoms with E-state index in [-0.39, 0.29) is 17.4 Å². The zero-order valence-corrected chi connectivity index (χ0v) is 15.7. The summed E-state index contributed by atoms with van der Waals surface area (Å²) in [4.78, 5) is 17.6. The van der Waals surface area contributed by atoms with Gasteiger partial charge in [-0.3, -0.25) is 9.69 Å². The maximum atomic E-state index is 13.4. The van der Waals surface area contributed by atoms with Crippen molar-refractivity contribution in [2.45, 2.75) is 51.6 Å². The molecule has 0 saturated carbocycles. The van der Waals surface area contributed by atoms with Crippen LogP contribution in [-0.4, -0.2) is 49.1 Å². The van der Waals surface area contributed by atoms with E-state index in [1.807, 2.05) is 23.1 Å². The third-order valence-electron chi connectivity index (χ3n) is 5.48. The van der Waals surface area contributed by atoms with Gasteiger partial charge in [-0.05, 0) is 31.0 Å². The van der Waals surface area contributed by atoms with Crippen LogP contribution in [0.4, 0.5) is 5.69 Å². The number of amides is 1. The maximum absolute atomic E-state index is 13.4. The second-order valence-electron chi connectivity index (χ2n) is 7.93. The summed E-state index contributed by atoms with van der Waals surface area (Å²) in [5.41, 5.74) is 2.59. The lowest BCUT2D eigenvalue weighted by molar-refractivity contribution is -0.124. The Balaban J connectivity index is 1.91. The molecule has 2 aliphatic heterocycles. The lowest BCUT2D eigenvalue weighted by Crippen LogP contribution is -2.57. The van der Waals surface area contributed by atoms with E-state index in [1.165, 1.54) is 0 Å². The van der Waals surface area contributed by atoms with Crippen LogP contribution in [0.2, 0.25) is 0 Å². The van der Waals surface area contributed by atoms with Gasteiger partial charge in [0.15, 0.2) is 0 Å². The van der Waals surface area contributed by atoms with Gasteiger partial charge >= 0.3 is 0 Å². The second kappa shape index (κ2) is 6.78. The fourth-order valence-corrected chi connectivity index (χ4v) is 4.17. The van der Waals surface area contributed by atoms with Crippen LogP contribution in [0.5, 0.6) is 0 Å². The number of fused-ring (bicyclic) bond motifs is 1. The van der Waals surface area contributed by atoms with Crippen molar-refractivity contribution in [2.75, 3.05) is 31.1 Å². The van der Waals surface area contributed by atoms with E-state index >= 15 is 0 Å². The smallest absolute Gasteiger partial charge is 0.244 e. The van der Waals surface area contributed by atoms with Crippen molar-refractivity contribution < 1.29 is 4.79 Å². The normalized spacial score (nSPS) is 23.8. The van der Waals surface area contributed by atoms with Gasteiger partial charge in [0.25, 0.3) is 0 Å². The molecule has 134 valence electrons. The van der Waals surface area contributed by atoms with Gasteiger partial charge in [-0.15, -0.1) is 0 Å². The molecular formula is C20H28N4O. The molecular weight excluding hydrogens is 312 g/mol. The molecule has 0 aliphatic carbocycles. The summed E-state index contributed by atoms with van der Waals surface area (Å²) in [7, 11) is 0. The molecule has 3 rings (SSSR count). The molecule has 1 amide bonds. The summed E-state index contributed by atoms with van der Waals surface area (Å²) in [6, 6.07) is 8.24. The lowest BCUT2D eigenvalue weighted by Gasteiger charge is -2.38. The fourth-order valence-electron chi connectivity index (χ4n) is 4.17. The Labute approximate surface area is 150 Å². The number of hydrogen-bond acceptors (Lipinski definition) is 4. The number of carbonyl (C=O) groups excluding carboxylic acids is 1. The van der Waals surface area contributed by atoms with Gasteiger partial charge < -0.3 is 10.2 Å². The van der Waals surface area contributed by atoms with Crippen LogP contribution in [0.25, 0.3) is 0 Å². The first-order valence-corrected chi connectivity index (χ1v) is 9.21. The fraction of sp³-hybridized carbons (Fsp3) is 0.600. The van der Waals surface area contributed by atoms with Gasteiger partial charge in [0.2, 0.25) is 5.91 Å². The Hall–Kier alpha value is -1.90. The predicted octanol–water partition coefficient (Wildman–Crippen LogP) is 2.25. The zero-order valence-electron chi connectivity index (χ0n) is 15.7. The Bertz CT molecular complexity index is 706. The van der Waals surface area contributed by atoms with Gasteiger partial charge in [-0.1, -0.05) is 26.8 Å². The number of nitrogens with one attached hydrogen (secondary N) is 1. The average molecular weight is 340 g/mol. The average Bonchev–Trinajstić information content (AvgIpc) is 2.86. The van der Waals surface area contributed by atoms with E-state index in [9.17, 15) is 10.1 Å².